The second kappa shape index (κ2) is 9.74. The summed E-state index contributed by atoms with van der Waals surface area (Å²) in [6.45, 7) is 15.6. The summed E-state index contributed by atoms with van der Waals surface area (Å²) >= 11 is 1.75. The first kappa shape index (κ1) is 20.6. The van der Waals surface area contributed by atoms with Crippen LogP contribution in [0.25, 0.3) is 0 Å². The third-order valence-electron chi connectivity index (χ3n) is 3.56. The van der Waals surface area contributed by atoms with Crippen molar-refractivity contribution in [3.63, 3.8) is 0 Å². The van der Waals surface area contributed by atoms with Gasteiger partial charge in [0.2, 0.25) is 0 Å². The Morgan fingerprint density at radius 3 is 2.50 bits per heavy atom. The molecule has 1 N–H and O–H groups in total. The van der Waals surface area contributed by atoms with Crippen molar-refractivity contribution in [3.8, 4) is 0 Å². The van der Waals surface area contributed by atoms with Crippen LogP contribution >= 0.6 is 11.8 Å². The van der Waals surface area contributed by atoms with Gasteiger partial charge in [-0.2, -0.15) is 0 Å². The predicted octanol–water partition coefficient (Wildman–Crippen LogP) is 4.05. The number of thioether (sulfide) groups is 1. The monoisotopic (exact) mass is 349 g/mol. The lowest BCUT2D eigenvalue weighted by molar-refractivity contribution is 0.532. The van der Waals surface area contributed by atoms with Crippen molar-refractivity contribution >= 4 is 11.8 Å². The lowest BCUT2D eigenvalue weighted by atomic mass is 10.2. The number of nitrogens with zero attached hydrogens (tertiary/aromatic N) is 2. The lowest BCUT2D eigenvalue weighted by Gasteiger charge is -2.14. The SMILES string of the molecule is C=C/C=C(\C=C/C)CNCc1c(SC(C)C)n(C(C)C)c(=O)n1C. The van der Waals surface area contributed by atoms with Crippen molar-refractivity contribution in [3.05, 3.63) is 52.6 Å². The minimum atomic E-state index is 0.0558. The van der Waals surface area contributed by atoms with E-state index in [1.807, 2.05) is 30.7 Å². The van der Waals surface area contributed by atoms with Crippen LogP contribution < -0.4 is 11.0 Å². The largest absolute Gasteiger partial charge is 0.329 e. The molecule has 0 aliphatic rings. The number of hydrogen-bond donors (Lipinski definition) is 1. The molecule has 0 fully saturated rings. The Labute approximate surface area is 150 Å². The molecule has 0 saturated heterocycles. The zero-order valence-electron chi connectivity index (χ0n) is 15.8. The van der Waals surface area contributed by atoms with Gasteiger partial charge in [-0.1, -0.05) is 44.7 Å². The van der Waals surface area contributed by atoms with E-state index in [0.717, 1.165) is 17.3 Å². The molecule has 1 rings (SSSR count). The maximum absolute atomic E-state index is 12.6. The smallest absolute Gasteiger partial charge is 0.307 e. The molecule has 0 unspecified atom stereocenters. The molecule has 5 heteroatoms. The van der Waals surface area contributed by atoms with Crippen LogP contribution in [0.5, 0.6) is 0 Å². The van der Waals surface area contributed by atoms with E-state index in [1.54, 1.807) is 22.4 Å². The molecule has 1 aromatic heterocycles. The third-order valence-corrected chi connectivity index (χ3v) is 4.69. The summed E-state index contributed by atoms with van der Waals surface area (Å²) in [4.78, 5) is 12.6. The average molecular weight is 350 g/mol. The van der Waals surface area contributed by atoms with Crippen molar-refractivity contribution < 1.29 is 0 Å². The molecule has 0 saturated carbocycles. The van der Waals surface area contributed by atoms with Gasteiger partial charge in [0.05, 0.1) is 5.69 Å². The maximum atomic E-state index is 12.6. The van der Waals surface area contributed by atoms with E-state index in [1.165, 1.54) is 5.57 Å². The molecule has 4 nitrogen and oxygen atoms in total. The van der Waals surface area contributed by atoms with Gasteiger partial charge >= 0.3 is 5.69 Å². The van der Waals surface area contributed by atoms with Gasteiger partial charge < -0.3 is 5.32 Å². The number of rotatable bonds is 9. The first-order valence-electron chi connectivity index (χ1n) is 8.45. The Bertz CT molecular complexity index is 663. The molecule has 134 valence electrons. The molecule has 0 radical (unpaired) electrons. The average Bonchev–Trinajstić information content (AvgIpc) is 2.71. The van der Waals surface area contributed by atoms with Crippen molar-refractivity contribution in [2.45, 2.75) is 57.5 Å². The zero-order valence-corrected chi connectivity index (χ0v) is 16.6. The molecule has 0 aromatic carbocycles. The summed E-state index contributed by atoms with van der Waals surface area (Å²) in [6, 6.07) is 0.151. The molecule has 0 atom stereocenters. The van der Waals surface area contributed by atoms with E-state index in [4.69, 9.17) is 0 Å². The van der Waals surface area contributed by atoms with Crippen molar-refractivity contribution in [1.29, 1.82) is 0 Å². The Morgan fingerprint density at radius 1 is 1.33 bits per heavy atom. The van der Waals surface area contributed by atoms with E-state index >= 15 is 0 Å². The summed E-state index contributed by atoms with van der Waals surface area (Å²) in [5, 5.41) is 4.95. The van der Waals surface area contributed by atoms with Crippen LogP contribution in [-0.2, 0) is 13.6 Å². The van der Waals surface area contributed by atoms with E-state index in [-0.39, 0.29) is 11.7 Å². The maximum Gasteiger partial charge on any atom is 0.329 e. The fourth-order valence-electron chi connectivity index (χ4n) is 2.51. The second-order valence-corrected chi connectivity index (χ2v) is 7.87. The topological polar surface area (TPSA) is 39.0 Å². The van der Waals surface area contributed by atoms with Gasteiger partial charge in [-0.05, 0) is 26.3 Å². The molecule has 1 heterocycles. The van der Waals surface area contributed by atoms with Gasteiger partial charge in [-0.3, -0.25) is 9.13 Å². The molecular weight excluding hydrogens is 318 g/mol. The Balaban J connectivity index is 3.06. The zero-order chi connectivity index (χ0) is 18.3. The Morgan fingerprint density at radius 2 is 2.00 bits per heavy atom. The Kier molecular flexibility index (Phi) is 8.36. The van der Waals surface area contributed by atoms with Crippen LogP contribution in [0.2, 0.25) is 0 Å². The molecule has 0 amide bonds. The van der Waals surface area contributed by atoms with Gasteiger partial charge in [0.1, 0.15) is 5.03 Å². The van der Waals surface area contributed by atoms with Crippen molar-refractivity contribution in [2.75, 3.05) is 6.54 Å². The number of allylic oxidation sites excluding steroid dienone is 3. The standard InChI is InChI=1S/C19H31N3OS/c1-8-10-16(11-9-2)12-20-13-17-18(24-15(5)6)22(14(3)4)19(23)21(17)7/h8-11,14-15,20H,1,12-13H2,2-7H3/b11-9-,16-10+. The first-order valence-corrected chi connectivity index (χ1v) is 9.33. The van der Waals surface area contributed by atoms with Gasteiger partial charge in [0, 0.05) is 31.4 Å². The highest BCUT2D eigenvalue weighted by molar-refractivity contribution is 7.99. The highest BCUT2D eigenvalue weighted by Crippen LogP contribution is 2.28. The number of imidazole rings is 1. The van der Waals surface area contributed by atoms with Gasteiger partial charge in [0.25, 0.3) is 0 Å². The molecule has 0 bridgehead atoms. The molecule has 0 aliphatic heterocycles. The number of aromatic nitrogens is 2. The van der Waals surface area contributed by atoms with Gasteiger partial charge in [-0.15, -0.1) is 11.8 Å². The lowest BCUT2D eigenvalue weighted by Crippen LogP contribution is -2.25. The molecule has 0 aliphatic carbocycles. The number of hydrogen-bond acceptors (Lipinski definition) is 3. The van der Waals surface area contributed by atoms with E-state index in [2.05, 4.69) is 45.7 Å². The highest BCUT2D eigenvalue weighted by atomic mass is 32.2. The van der Waals surface area contributed by atoms with Crippen LogP contribution in [0.3, 0.4) is 0 Å². The summed E-state index contributed by atoms with van der Waals surface area (Å²) in [6.07, 6.45) is 7.87. The third kappa shape index (κ3) is 5.28. The summed E-state index contributed by atoms with van der Waals surface area (Å²) in [5.41, 5.74) is 2.27. The molecular formula is C19H31N3OS. The Hall–Kier alpha value is -1.46. The molecule has 24 heavy (non-hydrogen) atoms. The molecule has 1 aromatic rings. The van der Waals surface area contributed by atoms with E-state index < -0.39 is 0 Å². The summed E-state index contributed by atoms with van der Waals surface area (Å²) in [5.74, 6) is 0. The van der Waals surface area contributed by atoms with Crippen LogP contribution in [0.1, 0.15) is 46.4 Å². The minimum Gasteiger partial charge on any atom is -0.307 e. The predicted molar refractivity (Wildman–Crippen MR) is 106 cm³/mol. The van der Waals surface area contributed by atoms with Gasteiger partial charge in [0.15, 0.2) is 0 Å². The van der Waals surface area contributed by atoms with Crippen LogP contribution in [0, 0.1) is 0 Å². The number of nitrogens with one attached hydrogen (secondary N) is 1. The van der Waals surface area contributed by atoms with Crippen molar-refractivity contribution in [1.82, 2.24) is 14.5 Å². The first-order chi connectivity index (χ1) is 11.3. The normalized spacial score (nSPS) is 12.8. The fourth-order valence-corrected chi connectivity index (χ4v) is 3.70. The quantitative estimate of drug-likeness (QED) is 0.540. The van der Waals surface area contributed by atoms with Gasteiger partial charge in [-0.25, -0.2) is 4.79 Å². The second-order valence-electron chi connectivity index (χ2n) is 6.30. The summed E-state index contributed by atoms with van der Waals surface area (Å²) < 4.78 is 3.67. The van der Waals surface area contributed by atoms with Crippen LogP contribution in [0.4, 0.5) is 0 Å². The van der Waals surface area contributed by atoms with E-state index in [0.29, 0.717) is 11.8 Å². The van der Waals surface area contributed by atoms with Crippen LogP contribution in [-0.4, -0.2) is 20.9 Å². The molecule has 0 spiro atoms. The summed E-state index contributed by atoms with van der Waals surface area (Å²) in [7, 11) is 1.86. The van der Waals surface area contributed by atoms with Crippen LogP contribution in [0.15, 0.2) is 46.3 Å². The minimum absolute atomic E-state index is 0.0558. The van der Waals surface area contributed by atoms with E-state index in [9.17, 15) is 4.79 Å². The fraction of sp³-hybridized carbons (Fsp3) is 0.526. The van der Waals surface area contributed by atoms with Crippen molar-refractivity contribution in [2.24, 2.45) is 7.05 Å². The highest BCUT2D eigenvalue weighted by Gasteiger charge is 2.20.